The van der Waals surface area contributed by atoms with Gasteiger partial charge >= 0.3 is 6.18 Å². The molecule has 0 bridgehead atoms. The summed E-state index contributed by atoms with van der Waals surface area (Å²) in [5, 5.41) is 17.9. The van der Waals surface area contributed by atoms with Gasteiger partial charge in [-0.3, -0.25) is 0 Å². The molecule has 0 aromatic heterocycles. The average molecular weight is 228 g/mol. The Bertz CT molecular complexity index is 198. The summed E-state index contributed by atoms with van der Waals surface area (Å²) in [6.45, 7) is 0.132. The standard InChI is InChI=1S/C9H16F3NO2/c10-9(11,12)8(15)5-13-4-2-1-3-7(13)6-14/h7-8,14-15H,1-6H2/p+1/t7-,8-/m0/s1. The van der Waals surface area contributed by atoms with Gasteiger partial charge in [-0.1, -0.05) is 0 Å². The number of rotatable bonds is 3. The first-order valence-corrected chi connectivity index (χ1v) is 5.15. The number of aliphatic hydroxyl groups excluding tert-OH is 2. The van der Waals surface area contributed by atoms with Crippen molar-refractivity contribution >= 4 is 0 Å². The van der Waals surface area contributed by atoms with Crippen LogP contribution in [0.25, 0.3) is 0 Å². The minimum Gasteiger partial charge on any atom is -0.390 e. The maximum Gasteiger partial charge on any atom is 0.419 e. The zero-order valence-electron chi connectivity index (χ0n) is 8.43. The lowest BCUT2D eigenvalue weighted by Crippen LogP contribution is -3.18. The van der Waals surface area contributed by atoms with Crippen molar-refractivity contribution in [2.24, 2.45) is 0 Å². The number of nitrogens with one attached hydrogen (secondary N) is 1. The van der Waals surface area contributed by atoms with Crippen LogP contribution in [0.2, 0.25) is 0 Å². The van der Waals surface area contributed by atoms with Crippen LogP contribution in [-0.2, 0) is 0 Å². The molecule has 0 aromatic carbocycles. The largest absolute Gasteiger partial charge is 0.419 e. The van der Waals surface area contributed by atoms with E-state index in [0.29, 0.717) is 11.4 Å². The highest BCUT2D eigenvalue weighted by molar-refractivity contribution is 4.66. The Labute approximate surface area is 86.5 Å². The Morgan fingerprint density at radius 1 is 1.33 bits per heavy atom. The number of aliphatic hydroxyl groups is 2. The predicted molar refractivity (Wildman–Crippen MR) is 47.5 cm³/mol. The van der Waals surface area contributed by atoms with Crippen LogP contribution in [0.5, 0.6) is 0 Å². The number of hydrogen-bond donors (Lipinski definition) is 3. The molecule has 6 heteroatoms. The van der Waals surface area contributed by atoms with E-state index in [4.69, 9.17) is 10.2 Å². The molecule has 0 spiro atoms. The predicted octanol–water partition coefficient (Wildman–Crippen LogP) is -0.661. The molecule has 15 heavy (non-hydrogen) atoms. The molecule has 0 saturated carbocycles. The van der Waals surface area contributed by atoms with E-state index in [1.807, 2.05) is 0 Å². The molecule has 0 radical (unpaired) electrons. The van der Waals surface area contributed by atoms with Gasteiger partial charge in [0, 0.05) is 6.42 Å². The van der Waals surface area contributed by atoms with Crippen molar-refractivity contribution < 1.29 is 28.3 Å². The molecule has 1 saturated heterocycles. The maximum atomic E-state index is 12.1. The van der Waals surface area contributed by atoms with Gasteiger partial charge in [0.25, 0.3) is 0 Å². The molecule has 1 aliphatic heterocycles. The van der Waals surface area contributed by atoms with E-state index in [9.17, 15) is 13.2 Å². The Morgan fingerprint density at radius 2 is 2.00 bits per heavy atom. The van der Waals surface area contributed by atoms with E-state index < -0.39 is 12.3 Å². The van der Waals surface area contributed by atoms with E-state index in [1.165, 1.54) is 0 Å². The lowest BCUT2D eigenvalue weighted by molar-refractivity contribution is -0.935. The van der Waals surface area contributed by atoms with Gasteiger partial charge in [-0.15, -0.1) is 0 Å². The Kier molecular flexibility index (Phi) is 4.36. The van der Waals surface area contributed by atoms with Crippen LogP contribution in [0.4, 0.5) is 13.2 Å². The first-order valence-electron chi connectivity index (χ1n) is 5.15. The van der Waals surface area contributed by atoms with Crippen LogP contribution < -0.4 is 4.90 Å². The number of alkyl halides is 3. The molecule has 0 aromatic rings. The molecule has 1 heterocycles. The van der Waals surface area contributed by atoms with Crippen molar-refractivity contribution in [1.29, 1.82) is 0 Å². The van der Waals surface area contributed by atoms with Gasteiger partial charge in [-0.2, -0.15) is 13.2 Å². The van der Waals surface area contributed by atoms with Gasteiger partial charge in [-0.25, -0.2) is 0 Å². The second kappa shape index (κ2) is 5.14. The molecule has 1 rings (SSSR count). The number of likely N-dealkylation sites (tertiary alicyclic amines) is 1. The van der Waals surface area contributed by atoms with Gasteiger partial charge in [0.1, 0.15) is 12.6 Å². The first-order chi connectivity index (χ1) is 6.95. The Hall–Kier alpha value is -0.330. The van der Waals surface area contributed by atoms with Gasteiger partial charge in [0.05, 0.1) is 13.2 Å². The summed E-state index contributed by atoms with van der Waals surface area (Å²) in [5.41, 5.74) is 0. The fraction of sp³-hybridized carbons (Fsp3) is 1.00. The molecule has 1 fully saturated rings. The molecule has 3 N–H and O–H groups in total. The molecule has 0 aliphatic carbocycles. The number of quaternary nitrogens is 1. The fourth-order valence-corrected chi connectivity index (χ4v) is 2.00. The van der Waals surface area contributed by atoms with Crippen LogP contribution in [-0.4, -0.2) is 48.2 Å². The summed E-state index contributed by atoms with van der Waals surface area (Å²) >= 11 is 0. The van der Waals surface area contributed by atoms with Crippen LogP contribution in [0.1, 0.15) is 19.3 Å². The minimum absolute atomic E-state index is 0.111. The zero-order chi connectivity index (χ0) is 11.5. The summed E-state index contributed by atoms with van der Waals surface area (Å²) in [5.74, 6) is 0. The van der Waals surface area contributed by atoms with Gasteiger partial charge in [0.15, 0.2) is 6.10 Å². The third kappa shape index (κ3) is 3.62. The van der Waals surface area contributed by atoms with E-state index >= 15 is 0 Å². The number of hydrogen-bond acceptors (Lipinski definition) is 2. The van der Waals surface area contributed by atoms with E-state index in [2.05, 4.69) is 0 Å². The summed E-state index contributed by atoms with van der Waals surface area (Å²) < 4.78 is 36.3. The summed E-state index contributed by atoms with van der Waals surface area (Å²) in [6.07, 6.45) is -4.30. The van der Waals surface area contributed by atoms with Crippen molar-refractivity contribution in [2.45, 2.75) is 37.6 Å². The molecule has 3 nitrogen and oxygen atoms in total. The lowest BCUT2D eigenvalue weighted by Gasteiger charge is -2.33. The zero-order valence-corrected chi connectivity index (χ0v) is 8.43. The molecule has 3 atom stereocenters. The van der Waals surface area contributed by atoms with Crippen molar-refractivity contribution in [3.8, 4) is 0 Å². The summed E-state index contributed by atoms with van der Waals surface area (Å²) in [7, 11) is 0. The van der Waals surface area contributed by atoms with E-state index in [-0.39, 0.29) is 19.2 Å². The van der Waals surface area contributed by atoms with Crippen LogP contribution in [0.15, 0.2) is 0 Å². The Morgan fingerprint density at radius 3 is 2.53 bits per heavy atom. The van der Waals surface area contributed by atoms with Gasteiger partial charge in [-0.05, 0) is 12.8 Å². The van der Waals surface area contributed by atoms with Gasteiger partial charge in [0.2, 0.25) is 0 Å². The van der Waals surface area contributed by atoms with Crippen molar-refractivity contribution in [3.63, 3.8) is 0 Å². The van der Waals surface area contributed by atoms with Crippen molar-refractivity contribution in [1.82, 2.24) is 0 Å². The molecular formula is C9H17F3NO2+. The van der Waals surface area contributed by atoms with Crippen LogP contribution in [0.3, 0.4) is 0 Å². The minimum atomic E-state index is -4.55. The maximum absolute atomic E-state index is 12.1. The quantitative estimate of drug-likeness (QED) is 0.600. The Balaban J connectivity index is 2.48. The fourth-order valence-electron chi connectivity index (χ4n) is 2.00. The topological polar surface area (TPSA) is 44.9 Å². The van der Waals surface area contributed by atoms with Crippen molar-refractivity contribution in [2.75, 3.05) is 19.7 Å². The molecule has 1 unspecified atom stereocenters. The van der Waals surface area contributed by atoms with Crippen LogP contribution >= 0.6 is 0 Å². The van der Waals surface area contributed by atoms with E-state index in [1.54, 1.807) is 0 Å². The van der Waals surface area contributed by atoms with E-state index in [0.717, 1.165) is 19.3 Å². The average Bonchev–Trinajstić information content (AvgIpc) is 2.17. The molecule has 0 amide bonds. The highest BCUT2D eigenvalue weighted by atomic mass is 19.4. The second-order valence-electron chi connectivity index (χ2n) is 4.05. The third-order valence-electron chi connectivity index (χ3n) is 2.93. The van der Waals surface area contributed by atoms with Crippen LogP contribution in [0, 0.1) is 0 Å². The number of piperidine rings is 1. The normalized spacial score (nSPS) is 30.2. The number of halogens is 3. The lowest BCUT2D eigenvalue weighted by atomic mass is 10.0. The molecule has 90 valence electrons. The smallest absolute Gasteiger partial charge is 0.390 e. The van der Waals surface area contributed by atoms with Crippen molar-refractivity contribution in [3.05, 3.63) is 0 Å². The summed E-state index contributed by atoms with van der Waals surface area (Å²) in [6, 6.07) is -0.157. The third-order valence-corrected chi connectivity index (χ3v) is 2.93. The molecule has 1 aliphatic rings. The van der Waals surface area contributed by atoms with Gasteiger partial charge < -0.3 is 15.1 Å². The second-order valence-corrected chi connectivity index (χ2v) is 4.05. The highest BCUT2D eigenvalue weighted by Crippen LogP contribution is 2.19. The highest BCUT2D eigenvalue weighted by Gasteiger charge is 2.42. The monoisotopic (exact) mass is 228 g/mol. The molecular weight excluding hydrogens is 211 g/mol. The SMILES string of the molecule is OC[C@@H]1CCCC[NH+]1C[C@H](O)C(F)(F)F. The summed E-state index contributed by atoms with van der Waals surface area (Å²) in [4.78, 5) is 0.661. The first kappa shape index (κ1) is 12.7.